The van der Waals surface area contributed by atoms with E-state index in [2.05, 4.69) is 9.05 Å². The second-order valence-corrected chi connectivity index (χ2v) is 3.41. The summed E-state index contributed by atoms with van der Waals surface area (Å²) < 4.78 is 19.3. The Kier molecular flexibility index (Phi) is 6.65. The molecule has 0 aromatic heterocycles. The van der Waals surface area contributed by atoms with Gasteiger partial charge in [0.05, 0.1) is 0 Å². The van der Waals surface area contributed by atoms with Crippen molar-refractivity contribution in [1.29, 1.82) is 0 Å². The van der Waals surface area contributed by atoms with Crippen molar-refractivity contribution in [3.8, 4) is 0 Å². The van der Waals surface area contributed by atoms with Crippen molar-refractivity contribution >= 4 is 26.5 Å². The summed E-state index contributed by atoms with van der Waals surface area (Å²) in [5.41, 5.74) is 0. The van der Waals surface area contributed by atoms with Crippen molar-refractivity contribution in [3.63, 3.8) is 0 Å². The van der Waals surface area contributed by atoms with Crippen molar-refractivity contribution < 1.29 is 13.6 Å². The normalized spacial score (nSPS) is 10.4. The predicted octanol–water partition coefficient (Wildman–Crippen LogP) is 0.454. The molecule has 0 heterocycles. The minimum atomic E-state index is -2.65. The van der Waals surface area contributed by atoms with Gasteiger partial charge in [-0.25, -0.2) is 0 Å². The Bertz CT molecular complexity index is 86.5. The van der Waals surface area contributed by atoms with Gasteiger partial charge in [-0.15, -0.1) is 0 Å². The molecule has 0 spiro atoms. The molecule has 0 aromatic carbocycles. The molecule has 0 aliphatic rings. The van der Waals surface area contributed by atoms with E-state index >= 15 is 0 Å². The van der Waals surface area contributed by atoms with Gasteiger partial charge in [-0.05, 0) is 0 Å². The van der Waals surface area contributed by atoms with Crippen molar-refractivity contribution in [2.24, 2.45) is 0 Å². The molecular weight excluding hydrogens is 122 g/mol. The van der Waals surface area contributed by atoms with E-state index in [0.717, 1.165) is 0 Å². The predicted molar refractivity (Wildman–Crippen MR) is 34.7 cm³/mol. The summed E-state index contributed by atoms with van der Waals surface area (Å²) in [6.45, 7) is 1.41. The third-order valence-corrected chi connectivity index (χ3v) is 1.99. The van der Waals surface area contributed by atoms with Crippen LogP contribution >= 0.6 is 7.60 Å². The number of rotatable bonds is 2. The molecule has 0 amide bonds. The molecule has 0 aliphatic carbocycles. The van der Waals surface area contributed by atoms with Crippen LogP contribution in [0.4, 0.5) is 0 Å². The molecule has 3 nitrogen and oxygen atoms in total. The maximum atomic E-state index is 10.5. The van der Waals surface area contributed by atoms with Crippen LogP contribution in [-0.2, 0) is 13.6 Å². The first-order chi connectivity index (χ1) is 3.12. The van der Waals surface area contributed by atoms with Crippen LogP contribution in [0.25, 0.3) is 0 Å². The Balaban J connectivity index is 0. The van der Waals surface area contributed by atoms with Crippen LogP contribution in [0.3, 0.4) is 0 Å². The second-order valence-electron chi connectivity index (χ2n) is 1.14. The van der Waals surface area contributed by atoms with E-state index in [1.54, 1.807) is 0 Å². The van der Waals surface area contributed by atoms with Gasteiger partial charge in [0, 0.05) is 20.9 Å². The van der Waals surface area contributed by atoms with E-state index in [-0.39, 0.29) is 18.9 Å². The van der Waals surface area contributed by atoms with Crippen molar-refractivity contribution in [3.05, 3.63) is 0 Å². The molecule has 0 rings (SSSR count). The second kappa shape index (κ2) is 4.61. The molecular formula is C3H10LiO3P. The first-order valence-electron chi connectivity index (χ1n) is 1.81. The molecule has 0 bridgehead atoms. The summed E-state index contributed by atoms with van der Waals surface area (Å²) in [6, 6.07) is 0. The van der Waals surface area contributed by atoms with Crippen molar-refractivity contribution in [2.75, 3.05) is 20.9 Å². The fourth-order valence-electron chi connectivity index (χ4n) is 0.0745. The Morgan fingerprint density at radius 1 is 1.25 bits per heavy atom. The Hall–Kier alpha value is 0.747. The molecule has 0 saturated carbocycles. The molecule has 46 valence electrons. The SMILES string of the molecule is COP(C)(=O)OC.[LiH]. The van der Waals surface area contributed by atoms with Crippen LogP contribution in [0.2, 0.25) is 0 Å². The summed E-state index contributed by atoms with van der Waals surface area (Å²) in [5.74, 6) is 0. The van der Waals surface area contributed by atoms with Gasteiger partial charge in [0.1, 0.15) is 0 Å². The monoisotopic (exact) mass is 132 g/mol. The van der Waals surface area contributed by atoms with Gasteiger partial charge in [0.2, 0.25) is 0 Å². The minimum absolute atomic E-state index is 0. The molecule has 0 atom stereocenters. The average molecular weight is 132 g/mol. The van der Waals surface area contributed by atoms with Gasteiger partial charge < -0.3 is 9.05 Å². The Labute approximate surface area is 61.5 Å². The van der Waals surface area contributed by atoms with Gasteiger partial charge in [0.25, 0.3) is 0 Å². The van der Waals surface area contributed by atoms with Crippen LogP contribution in [0.15, 0.2) is 0 Å². The quantitative estimate of drug-likeness (QED) is 0.404. The van der Waals surface area contributed by atoms with Crippen LogP contribution < -0.4 is 0 Å². The third kappa shape index (κ3) is 4.90. The zero-order valence-corrected chi connectivity index (χ0v) is 5.57. The molecule has 8 heavy (non-hydrogen) atoms. The summed E-state index contributed by atoms with van der Waals surface area (Å²) in [5, 5.41) is 0. The summed E-state index contributed by atoms with van der Waals surface area (Å²) in [7, 11) is 0.0486. The van der Waals surface area contributed by atoms with E-state index < -0.39 is 7.60 Å². The average Bonchev–Trinajstić information content (AvgIpc) is 1.68. The van der Waals surface area contributed by atoms with Crippen LogP contribution in [-0.4, -0.2) is 39.7 Å². The summed E-state index contributed by atoms with van der Waals surface area (Å²) in [6.07, 6.45) is 0. The van der Waals surface area contributed by atoms with Crippen molar-refractivity contribution in [1.82, 2.24) is 0 Å². The first kappa shape index (κ1) is 11.5. The van der Waals surface area contributed by atoms with E-state index in [1.807, 2.05) is 0 Å². The van der Waals surface area contributed by atoms with E-state index in [4.69, 9.17) is 0 Å². The van der Waals surface area contributed by atoms with Crippen molar-refractivity contribution in [2.45, 2.75) is 0 Å². The van der Waals surface area contributed by atoms with Crippen LogP contribution in [0.1, 0.15) is 0 Å². The Morgan fingerprint density at radius 2 is 1.50 bits per heavy atom. The summed E-state index contributed by atoms with van der Waals surface area (Å²) >= 11 is 0. The molecule has 0 unspecified atom stereocenters. The third-order valence-electron chi connectivity index (χ3n) is 0.663. The first-order valence-corrected chi connectivity index (χ1v) is 3.80. The van der Waals surface area contributed by atoms with Gasteiger partial charge in [-0.2, -0.15) is 0 Å². The van der Waals surface area contributed by atoms with E-state index in [9.17, 15) is 4.57 Å². The molecule has 0 N–H and O–H groups in total. The molecule has 5 heteroatoms. The number of hydrogen-bond donors (Lipinski definition) is 0. The van der Waals surface area contributed by atoms with Crippen LogP contribution in [0, 0.1) is 0 Å². The van der Waals surface area contributed by atoms with Crippen LogP contribution in [0.5, 0.6) is 0 Å². The van der Waals surface area contributed by atoms with E-state index in [1.165, 1.54) is 20.9 Å². The van der Waals surface area contributed by atoms with Gasteiger partial charge in [0.15, 0.2) is 0 Å². The molecule has 0 saturated heterocycles. The van der Waals surface area contributed by atoms with Gasteiger partial charge in [-0.3, -0.25) is 4.57 Å². The zero-order valence-electron chi connectivity index (χ0n) is 4.67. The zero-order chi connectivity index (χ0) is 5.91. The van der Waals surface area contributed by atoms with Gasteiger partial charge >= 0.3 is 26.5 Å². The maximum absolute atomic E-state index is 10.5. The fraction of sp³-hybridized carbons (Fsp3) is 1.00. The molecule has 0 aromatic rings. The number of hydrogen-bond acceptors (Lipinski definition) is 3. The standard InChI is InChI=1S/C3H9O3P.Li.H/c1-5-7(3,4)6-2;;/h1-3H3;;. The fourth-order valence-corrected chi connectivity index (χ4v) is 0.224. The molecule has 0 fully saturated rings. The van der Waals surface area contributed by atoms with Gasteiger partial charge in [-0.1, -0.05) is 0 Å². The van der Waals surface area contributed by atoms with E-state index in [0.29, 0.717) is 0 Å². The molecule has 0 aliphatic heterocycles. The molecule has 0 radical (unpaired) electrons. The summed E-state index contributed by atoms with van der Waals surface area (Å²) in [4.78, 5) is 0. The topological polar surface area (TPSA) is 35.5 Å². The Morgan fingerprint density at radius 3 is 1.50 bits per heavy atom.